The number of allylic oxidation sites excluding steroid dienone is 18. The number of carbonyl (C=O) groups is 3. The number of rotatable bonds is 64. The van der Waals surface area contributed by atoms with E-state index in [1.807, 2.05) is 0 Å². The average molecular weight is 1150 g/mol. The Hall–Kier alpha value is -3.93. The molecule has 0 saturated carbocycles. The molecule has 0 aliphatic rings. The maximum absolute atomic E-state index is 12.9. The maximum atomic E-state index is 12.9. The first-order valence-corrected chi connectivity index (χ1v) is 35.4. The van der Waals surface area contributed by atoms with Gasteiger partial charge in [-0.05, 0) is 128 Å². The van der Waals surface area contributed by atoms with E-state index in [-0.39, 0.29) is 31.1 Å². The summed E-state index contributed by atoms with van der Waals surface area (Å²) < 4.78 is 17.0. The van der Waals surface area contributed by atoms with Crippen molar-refractivity contribution in [1.29, 1.82) is 0 Å². The number of unbranched alkanes of at least 4 members (excludes halogenated alkanes) is 35. The van der Waals surface area contributed by atoms with E-state index in [9.17, 15) is 14.4 Å². The summed E-state index contributed by atoms with van der Waals surface area (Å²) in [5.41, 5.74) is 0. The molecule has 1 atom stereocenters. The van der Waals surface area contributed by atoms with Crippen molar-refractivity contribution in [3.05, 3.63) is 109 Å². The van der Waals surface area contributed by atoms with E-state index in [2.05, 4.69) is 130 Å². The topological polar surface area (TPSA) is 78.9 Å². The summed E-state index contributed by atoms with van der Waals surface area (Å²) in [7, 11) is 0. The van der Waals surface area contributed by atoms with Gasteiger partial charge in [-0.2, -0.15) is 0 Å². The fourth-order valence-corrected chi connectivity index (χ4v) is 9.94. The van der Waals surface area contributed by atoms with Gasteiger partial charge < -0.3 is 14.2 Å². The highest BCUT2D eigenvalue weighted by Gasteiger charge is 2.19. The standard InChI is InChI=1S/C77H132O6/c1-4-7-10-13-16-19-22-25-28-30-32-33-34-35-36-37-38-39-40-41-42-43-45-46-49-52-55-58-61-64-67-70-76(79)82-73-74(72-81-75(78)69-66-63-60-57-54-51-48-27-24-21-18-15-12-9-6-3)83-77(80)71-68-65-62-59-56-53-50-47-44-31-29-26-23-20-17-14-11-8-5-2/h9,12,17-18,20-22,25-27,29-30,32,34-35,44,47-48,74H,4-8,10-11,13-16,19,23-24,28,31,33,36-43,45-46,49-73H2,1-3H3/b12-9-,20-17-,21-18-,25-22-,29-26-,32-30-,35-34-,47-44-,48-27-. The van der Waals surface area contributed by atoms with Crippen molar-refractivity contribution in [2.45, 2.75) is 348 Å². The van der Waals surface area contributed by atoms with Crippen LogP contribution in [-0.4, -0.2) is 37.2 Å². The monoisotopic (exact) mass is 1150 g/mol. The highest BCUT2D eigenvalue weighted by Crippen LogP contribution is 2.17. The first-order valence-electron chi connectivity index (χ1n) is 35.4. The molecule has 1 unspecified atom stereocenters. The number of ether oxygens (including phenoxy) is 3. The Morgan fingerprint density at radius 2 is 0.470 bits per heavy atom. The van der Waals surface area contributed by atoms with Gasteiger partial charge in [-0.1, -0.05) is 304 Å². The van der Waals surface area contributed by atoms with Crippen molar-refractivity contribution in [3.8, 4) is 0 Å². The van der Waals surface area contributed by atoms with E-state index in [1.165, 1.54) is 167 Å². The third-order valence-corrected chi connectivity index (χ3v) is 15.2. The van der Waals surface area contributed by atoms with Gasteiger partial charge in [0.25, 0.3) is 0 Å². The van der Waals surface area contributed by atoms with Crippen LogP contribution in [0.15, 0.2) is 109 Å². The molecule has 0 bridgehead atoms. The highest BCUT2D eigenvalue weighted by molar-refractivity contribution is 5.71. The van der Waals surface area contributed by atoms with Crippen LogP contribution in [0, 0.1) is 0 Å². The number of carbonyl (C=O) groups excluding carboxylic acids is 3. The van der Waals surface area contributed by atoms with Crippen LogP contribution < -0.4 is 0 Å². The summed E-state index contributed by atoms with van der Waals surface area (Å²) in [5, 5.41) is 0. The Kier molecular flexibility index (Phi) is 67.2. The number of hydrogen-bond donors (Lipinski definition) is 0. The molecule has 0 fully saturated rings. The van der Waals surface area contributed by atoms with E-state index >= 15 is 0 Å². The summed E-state index contributed by atoms with van der Waals surface area (Å²) in [6, 6.07) is 0. The lowest BCUT2D eigenvalue weighted by atomic mass is 10.0. The van der Waals surface area contributed by atoms with E-state index in [0.717, 1.165) is 135 Å². The molecule has 0 amide bonds. The van der Waals surface area contributed by atoms with Crippen LogP contribution >= 0.6 is 0 Å². The zero-order valence-corrected chi connectivity index (χ0v) is 54.7. The Balaban J connectivity index is 4.28. The summed E-state index contributed by atoms with van der Waals surface area (Å²) in [4.78, 5) is 38.4. The Bertz CT molecular complexity index is 1660. The largest absolute Gasteiger partial charge is 0.462 e. The van der Waals surface area contributed by atoms with Gasteiger partial charge in [0.05, 0.1) is 0 Å². The number of hydrogen-bond acceptors (Lipinski definition) is 6. The second-order valence-corrected chi connectivity index (χ2v) is 23.4. The van der Waals surface area contributed by atoms with Gasteiger partial charge in [-0.3, -0.25) is 14.4 Å². The number of esters is 3. The van der Waals surface area contributed by atoms with Crippen LogP contribution in [0.3, 0.4) is 0 Å². The minimum Gasteiger partial charge on any atom is -0.462 e. The maximum Gasteiger partial charge on any atom is 0.306 e. The van der Waals surface area contributed by atoms with Crippen molar-refractivity contribution in [1.82, 2.24) is 0 Å². The molecule has 0 N–H and O–H groups in total. The molecule has 6 nitrogen and oxygen atoms in total. The predicted octanol–water partition coefficient (Wildman–Crippen LogP) is 24.6. The third-order valence-electron chi connectivity index (χ3n) is 15.2. The molecule has 83 heavy (non-hydrogen) atoms. The average Bonchev–Trinajstić information content (AvgIpc) is 3.50. The lowest BCUT2D eigenvalue weighted by Crippen LogP contribution is -2.30. The van der Waals surface area contributed by atoms with Crippen molar-refractivity contribution in [2.75, 3.05) is 13.2 Å². The Morgan fingerprint density at radius 3 is 0.759 bits per heavy atom. The molecule has 6 heteroatoms. The Labute approximate surface area is 514 Å². The molecular weight excluding hydrogens is 1020 g/mol. The van der Waals surface area contributed by atoms with E-state index in [0.29, 0.717) is 19.3 Å². The molecular formula is C77H132O6. The second-order valence-electron chi connectivity index (χ2n) is 23.4. The minimum atomic E-state index is -0.795. The van der Waals surface area contributed by atoms with Crippen molar-refractivity contribution >= 4 is 17.9 Å². The molecule has 0 spiro atoms. The van der Waals surface area contributed by atoms with Gasteiger partial charge in [-0.15, -0.1) is 0 Å². The molecule has 0 aliphatic carbocycles. The summed E-state index contributed by atoms with van der Waals surface area (Å²) >= 11 is 0. The molecule has 0 saturated heterocycles. The van der Waals surface area contributed by atoms with E-state index < -0.39 is 6.10 Å². The van der Waals surface area contributed by atoms with E-state index in [1.54, 1.807) is 0 Å². The molecule has 0 aromatic heterocycles. The van der Waals surface area contributed by atoms with Crippen molar-refractivity contribution in [3.63, 3.8) is 0 Å². The normalized spacial score (nSPS) is 12.8. The molecule has 476 valence electrons. The predicted molar refractivity (Wildman–Crippen MR) is 362 cm³/mol. The van der Waals surface area contributed by atoms with Gasteiger partial charge in [-0.25, -0.2) is 0 Å². The summed E-state index contributed by atoms with van der Waals surface area (Å²) in [5.74, 6) is -0.907. The molecule has 0 aromatic rings. The van der Waals surface area contributed by atoms with Crippen molar-refractivity contribution < 1.29 is 28.6 Å². The SMILES string of the molecule is CC/C=C\C/C=C\C/C=C\CCCCCCCC(=O)OCC(COC(=O)CCCCCCCCCCCCCCCCCC/C=C\C/C=C\C/C=C\CCCCCCC)OC(=O)CCCCCCCC/C=C\C/C=C\C/C=C\CCCCC. The van der Waals surface area contributed by atoms with Gasteiger partial charge in [0.2, 0.25) is 0 Å². The Morgan fingerprint density at radius 1 is 0.253 bits per heavy atom. The van der Waals surface area contributed by atoms with Crippen LogP contribution in [0.25, 0.3) is 0 Å². The zero-order chi connectivity index (χ0) is 59.9. The van der Waals surface area contributed by atoms with E-state index in [4.69, 9.17) is 14.2 Å². The van der Waals surface area contributed by atoms with Crippen LogP contribution in [0.2, 0.25) is 0 Å². The second kappa shape index (κ2) is 70.6. The molecule has 0 rings (SSSR count). The fourth-order valence-electron chi connectivity index (χ4n) is 9.94. The first kappa shape index (κ1) is 79.1. The smallest absolute Gasteiger partial charge is 0.306 e. The van der Waals surface area contributed by atoms with Gasteiger partial charge >= 0.3 is 17.9 Å². The summed E-state index contributed by atoms with van der Waals surface area (Å²) in [6.07, 6.45) is 96.9. The zero-order valence-electron chi connectivity index (χ0n) is 54.7. The molecule has 0 radical (unpaired) electrons. The van der Waals surface area contributed by atoms with Crippen LogP contribution in [0.1, 0.15) is 342 Å². The first-order chi connectivity index (χ1) is 41.0. The third kappa shape index (κ3) is 68.7. The summed E-state index contributed by atoms with van der Waals surface area (Å²) in [6.45, 7) is 6.50. The molecule has 0 aromatic carbocycles. The molecule has 0 aliphatic heterocycles. The van der Waals surface area contributed by atoms with Crippen LogP contribution in [0.5, 0.6) is 0 Å². The van der Waals surface area contributed by atoms with Gasteiger partial charge in [0, 0.05) is 19.3 Å². The van der Waals surface area contributed by atoms with Crippen LogP contribution in [-0.2, 0) is 28.6 Å². The van der Waals surface area contributed by atoms with Crippen molar-refractivity contribution in [2.24, 2.45) is 0 Å². The minimum absolute atomic E-state index is 0.0883. The quantitative estimate of drug-likeness (QED) is 0.0261. The lowest BCUT2D eigenvalue weighted by Gasteiger charge is -2.18. The highest BCUT2D eigenvalue weighted by atomic mass is 16.6. The lowest BCUT2D eigenvalue weighted by molar-refractivity contribution is -0.167. The van der Waals surface area contributed by atoms with Gasteiger partial charge in [0.15, 0.2) is 6.10 Å². The van der Waals surface area contributed by atoms with Crippen LogP contribution in [0.4, 0.5) is 0 Å². The van der Waals surface area contributed by atoms with Gasteiger partial charge in [0.1, 0.15) is 13.2 Å². The fraction of sp³-hybridized carbons (Fsp3) is 0.727. The molecule has 0 heterocycles.